The second kappa shape index (κ2) is 4.42. The molecule has 3 heteroatoms. The molecule has 1 unspecified atom stereocenters. The van der Waals surface area contributed by atoms with Gasteiger partial charge in [0, 0.05) is 12.7 Å². The summed E-state index contributed by atoms with van der Waals surface area (Å²) in [4.78, 5) is 10.8. The van der Waals surface area contributed by atoms with Crippen LogP contribution in [0.3, 0.4) is 0 Å². The fourth-order valence-corrected chi connectivity index (χ4v) is 1.51. The van der Waals surface area contributed by atoms with E-state index in [0.717, 1.165) is 25.9 Å². The molecule has 0 aromatic rings. The molecule has 0 spiro atoms. The second-order valence-corrected chi connectivity index (χ2v) is 3.30. The van der Waals surface area contributed by atoms with E-state index < -0.39 is 0 Å². The first-order valence-corrected chi connectivity index (χ1v) is 4.65. The molecule has 0 saturated carbocycles. The summed E-state index contributed by atoms with van der Waals surface area (Å²) in [5, 5.41) is 0. The van der Waals surface area contributed by atoms with Crippen molar-refractivity contribution in [2.45, 2.75) is 31.8 Å². The third-order valence-corrected chi connectivity index (χ3v) is 2.47. The quantitative estimate of drug-likeness (QED) is 0.492. The second-order valence-electron chi connectivity index (χ2n) is 3.30. The van der Waals surface area contributed by atoms with Crippen LogP contribution >= 0.6 is 0 Å². The summed E-state index contributed by atoms with van der Waals surface area (Å²) in [7, 11) is 0. The Morgan fingerprint density at radius 3 is 3.00 bits per heavy atom. The lowest BCUT2D eigenvalue weighted by atomic mass is 9.98. The fraction of sp³-hybridized carbons (Fsp3) is 0.700. The van der Waals surface area contributed by atoms with E-state index in [1.54, 1.807) is 0 Å². The molecule has 13 heavy (non-hydrogen) atoms. The summed E-state index contributed by atoms with van der Waals surface area (Å²) in [6.07, 6.45) is 4.10. The van der Waals surface area contributed by atoms with Gasteiger partial charge < -0.3 is 9.47 Å². The monoisotopic (exact) mass is 184 g/mol. The van der Waals surface area contributed by atoms with Crippen LogP contribution in [0, 0.1) is 0 Å². The minimum atomic E-state index is -0.372. The first-order valence-electron chi connectivity index (χ1n) is 4.65. The van der Waals surface area contributed by atoms with Gasteiger partial charge >= 0.3 is 5.97 Å². The van der Waals surface area contributed by atoms with Crippen LogP contribution in [-0.2, 0) is 14.3 Å². The lowest BCUT2D eigenvalue weighted by molar-refractivity contribution is -0.146. The minimum Gasteiger partial charge on any atom is -0.459 e. The van der Waals surface area contributed by atoms with Gasteiger partial charge in [-0.1, -0.05) is 13.5 Å². The van der Waals surface area contributed by atoms with E-state index in [9.17, 15) is 4.79 Å². The Labute approximate surface area is 78.7 Å². The molecule has 0 radical (unpaired) electrons. The number of carbonyl (C=O) groups is 1. The van der Waals surface area contributed by atoms with Crippen molar-refractivity contribution in [1.29, 1.82) is 0 Å². The molecular formula is C10H16O3. The summed E-state index contributed by atoms with van der Waals surface area (Å²) in [5.41, 5.74) is -0.224. The van der Waals surface area contributed by atoms with Crippen LogP contribution in [0.4, 0.5) is 0 Å². The number of hydrogen-bond donors (Lipinski definition) is 0. The lowest BCUT2D eigenvalue weighted by Gasteiger charge is -2.25. The Kier molecular flexibility index (Phi) is 3.48. The van der Waals surface area contributed by atoms with Crippen LogP contribution in [0.25, 0.3) is 0 Å². The third-order valence-electron chi connectivity index (χ3n) is 2.47. The normalized spacial score (nSPS) is 27.2. The Bertz CT molecular complexity index is 192. The van der Waals surface area contributed by atoms with Gasteiger partial charge in [0.05, 0.1) is 0 Å². The predicted molar refractivity (Wildman–Crippen MR) is 49.4 cm³/mol. The summed E-state index contributed by atoms with van der Waals surface area (Å²) in [6, 6.07) is 0. The molecule has 1 heterocycles. The van der Waals surface area contributed by atoms with E-state index in [4.69, 9.17) is 9.47 Å². The maximum atomic E-state index is 10.8. The van der Waals surface area contributed by atoms with E-state index >= 15 is 0 Å². The van der Waals surface area contributed by atoms with Crippen LogP contribution in [0.1, 0.15) is 26.2 Å². The smallest absolute Gasteiger partial charge is 0.330 e. The van der Waals surface area contributed by atoms with Gasteiger partial charge in [0.2, 0.25) is 0 Å². The van der Waals surface area contributed by atoms with E-state index in [1.165, 1.54) is 6.08 Å². The van der Waals surface area contributed by atoms with Crippen LogP contribution < -0.4 is 0 Å². The van der Waals surface area contributed by atoms with Crippen molar-refractivity contribution in [1.82, 2.24) is 0 Å². The van der Waals surface area contributed by atoms with Crippen molar-refractivity contribution < 1.29 is 14.3 Å². The zero-order chi connectivity index (χ0) is 9.73. The van der Waals surface area contributed by atoms with Gasteiger partial charge in [-0.25, -0.2) is 4.79 Å². The van der Waals surface area contributed by atoms with Gasteiger partial charge in [0.1, 0.15) is 12.2 Å². The lowest BCUT2D eigenvalue weighted by Crippen LogP contribution is -2.33. The van der Waals surface area contributed by atoms with Crippen LogP contribution in [0.5, 0.6) is 0 Å². The topological polar surface area (TPSA) is 35.5 Å². The van der Waals surface area contributed by atoms with Crippen molar-refractivity contribution in [3.05, 3.63) is 12.7 Å². The van der Waals surface area contributed by atoms with Gasteiger partial charge in [-0.05, 0) is 19.3 Å². The Morgan fingerprint density at radius 1 is 1.77 bits per heavy atom. The van der Waals surface area contributed by atoms with Gasteiger partial charge in [-0.2, -0.15) is 0 Å². The predicted octanol–water partition coefficient (Wildman–Crippen LogP) is 1.67. The number of esters is 1. The number of ether oxygens (including phenoxy) is 2. The van der Waals surface area contributed by atoms with Crippen LogP contribution in [-0.4, -0.2) is 24.8 Å². The molecule has 0 aromatic heterocycles. The third kappa shape index (κ3) is 2.56. The molecule has 0 bridgehead atoms. The number of carbonyl (C=O) groups excluding carboxylic acids is 1. The summed E-state index contributed by atoms with van der Waals surface area (Å²) in [6.45, 7) is 6.52. The summed E-state index contributed by atoms with van der Waals surface area (Å²) >= 11 is 0. The average Bonchev–Trinajstić information content (AvgIpc) is 2.63. The fourth-order valence-electron chi connectivity index (χ4n) is 1.51. The maximum absolute atomic E-state index is 10.8. The average molecular weight is 184 g/mol. The largest absolute Gasteiger partial charge is 0.459 e. The van der Waals surface area contributed by atoms with Crippen LogP contribution in [0.2, 0.25) is 0 Å². The highest BCUT2D eigenvalue weighted by molar-refractivity contribution is 5.81. The molecule has 0 aromatic carbocycles. The molecule has 1 rings (SSSR count). The Hall–Kier alpha value is -0.830. The highest BCUT2D eigenvalue weighted by Gasteiger charge is 2.34. The molecular weight excluding hydrogens is 168 g/mol. The van der Waals surface area contributed by atoms with Crippen molar-refractivity contribution in [2.75, 3.05) is 13.2 Å². The van der Waals surface area contributed by atoms with Gasteiger partial charge in [0.25, 0.3) is 0 Å². The van der Waals surface area contributed by atoms with Crippen molar-refractivity contribution >= 4 is 5.97 Å². The zero-order valence-electron chi connectivity index (χ0n) is 8.04. The first-order chi connectivity index (χ1) is 6.22. The molecule has 0 N–H and O–H groups in total. The SMILES string of the molecule is C=CC(=O)OCC1(CC)CCCO1. The van der Waals surface area contributed by atoms with Crippen molar-refractivity contribution in [3.63, 3.8) is 0 Å². The number of hydrogen-bond acceptors (Lipinski definition) is 3. The number of rotatable bonds is 4. The molecule has 1 saturated heterocycles. The highest BCUT2D eigenvalue weighted by atomic mass is 16.6. The molecule has 0 amide bonds. The Morgan fingerprint density at radius 2 is 2.54 bits per heavy atom. The molecule has 74 valence electrons. The first kappa shape index (κ1) is 10.3. The van der Waals surface area contributed by atoms with Crippen molar-refractivity contribution in [3.8, 4) is 0 Å². The molecule has 1 aliphatic heterocycles. The summed E-state index contributed by atoms with van der Waals surface area (Å²) in [5.74, 6) is -0.372. The molecule has 3 nitrogen and oxygen atoms in total. The van der Waals surface area contributed by atoms with Crippen LogP contribution in [0.15, 0.2) is 12.7 Å². The zero-order valence-corrected chi connectivity index (χ0v) is 8.04. The minimum absolute atomic E-state index is 0.224. The van der Waals surface area contributed by atoms with Gasteiger partial charge in [0.15, 0.2) is 0 Å². The maximum Gasteiger partial charge on any atom is 0.330 e. The van der Waals surface area contributed by atoms with E-state index in [1.807, 2.05) is 6.92 Å². The van der Waals surface area contributed by atoms with Gasteiger partial charge in [-0.15, -0.1) is 0 Å². The Balaban J connectivity index is 2.39. The van der Waals surface area contributed by atoms with E-state index in [0.29, 0.717) is 6.61 Å². The molecule has 1 atom stereocenters. The summed E-state index contributed by atoms with van der Waals surface area (Å²) < 4.78 is 10.6. The molecule has 1 aliphatic rings. The molecule has 0 aliphatic carbocycles. The van der Waals surface area contributed by atoms with Crippen molar-refractivity contribution in [2.24, 2.45) is 0 Å². The standard InChI is InChI=1S/C10H16O3/c1-3-9(11)12-8-10(4-2)6-5-7-13-10/h3H,1,4-8H2,2H3. The highest BCUT2D eigenvalue weighted by Crippen LogP contribution is 2.29. The van der Waals surface area contributed by atoms with E-state index in [-0.39, 0.29) is 11.6 Å². The molecule has 1 fully saturated rings. The van der Waals surface area contributed by atoms with E-state index in [2.05, 4.69) is 6.58 Å². The van der Waals surface area contributed by atoms with Gasteiger partial charge in [-0.3, -0.25) is 0 Å².